The van der Waals surface area contributed by atoms with Gasteiger partial charge < -0.3 is 9.84 Å². The number of rotatable bonds is 7. The molecule has 1 fully saturated rings. The fourth-order valence-electron chi connectivity index (χ4n) is 3.69. The molecule has 7 heteroatoms. The molecule has 5 nitrogen and oxygen atoms in total. The number of halogens is 2. The summed E-state index contributed by atoms with van der Waals surface area (Å²) < 4.78 is 30.8. The fraction of sp³-hybridized carbons (Fsp3) is 0.526. The van der Waals surface area contributed by atoms with Crippen LogP contribution in [0.1, 0.15) is 43.0 Å². The number of aromatic nitrogens is 2. The molecular formula is C19H25F2N3O2. The van der Waals surface area contributed by atoms with Gasteiger partial charge in [-0.3, -0.25) is 9.58 Å². The van der Waals surface area contributed by atoms with Crippen LogP contribution in [0.15, 0.2) is 36.5 Å². The van der Waals surface area contributed by atoms with Crippen molar-refractivity contribution >= 4 is 0 Å². The number of piperidine rings is 1. The van der Waals surface area contributed by atoms with Gasteiger partial charge in [0.1, 0.15) is 5.75 Å². The molecule has 1 saturated heterocycles. The van der Waals surface area contributed by atoms with Crippen LogP contribution in [0.25, 0.3) is 0 Å². The van der Waals surface area contributed by atoms with Crippen molar-refractivity contribution in [2.24, 2.45) is 0 Å². The van der Waals surface area contributed by atoms with Gasteiger partial charge in [0.05, 0.1) is 13.2 Å². The third-order valence-corrected chi connectivity index (χ3v) is 5.14. The number of aliphatic hydroxyl groups excluding tert-OH is 1. The van der Waals surface area contributed by atoms with E-state index >= 15 is 0 Å². The third-order valence-electron chi connectivity index (χ3n) is 5.14. The summed E-state index contributed by atoms with van der Waals surface area (Å²) in [4.78, 5) is 2.41. The lowest BCUT2D eigenvalue weighted by Gasteiger charge is -2.36. The zero-order valence-electron chi connectivity index (χ0n) is 14.9. The fourth-order valence-corrected chi connectivity index (χ4v) is 3.69. The quantitative estimate of drug-likeness (QED) is 0.817. The maximum Gasteiger partial charge on any atom is 0.387 e. The highest BCUT2D eigenvalue weighted by Gasteiger charge is 2.26. The second-order valence-corrected chi connectivity index (χ2v) is 6.64. The van der Waals surface area contributed by atoms with Gasteiger partial charge in [0.2, 0.25) is 0 Å². The number of benzene rings is 1. The molecular weight excluding hydrogens is 340 g/mol. The molecule has 1 unspecified atom stereocenters. The SMILES string of the molecule is CC(c1ccc(OC(F)F)cc1)N1CCC(c2ccnn2CCO)CC1. The van der Waals surface area contributed by atoms with Crippen LogP contribution < -0.4 is 4.74 Å². The number of hydrogen-bond acceptors (Lipinski definition) is 4. The molecule has 142 valence electrons. The lowest BCUT2D eigenvalue weighted by Crippen LogP contribution is -2.35. The average Bonchev–Trinajstić information content (AvgIpc) is 3.10. The predicted octanol–water partition coefficient (Wildman–Crippen LogP) is 3.42. The molecule has 2 aromatic rings. The molecule has 26 heavy (non-hydrogen) atoms. The minimum Gasteiger partial charge on any atom is -0.435 e. The highest BCUT2D eigenvalue weighted by molar-refractivity contribution is 5.29. The van der Waals surface area contributed by atoms with Gasteiger partial charge in [0.25, 0.3) is 0 Å². The molecule has 1 aliphatic heterocycles. The standard InChI is InChI=1S/C19H25F2N3O2/c1-14(15-2-4-17(5-3-15)26-19(20)21)23-10-7-16(8-11-23)18-6-9-22-24(18)12-13-25/h2-6,9,14,16,19,25H,7-8,10-13H2,1H3. The molecule has 2 heterocycles. The number of alkyl halides is 2. The van der Waals surface area contributed by atoms with Crippen molar-refractivity contribution in [3.05, 3.63) is 47.8 Å². The van der Waals surface area contributed by atoms with Crippen LogP contribution in [0, 0.1) is 0 Å². The van der Waals surface area contributed by atoms with E-state index in [0.717, 1.165) is 31.5 Å². The first kappa shape index (κ1) is 18.8. The van der Waals surface area contributed by atoms with Gasteiger partial charge in [-0.2, -0.15) is 13.9 Å². The average molecular weight is 365 g/mol. The monoisotopic (exact) mass is 365 g/mol. The number of likely N-dealkylation sites (tertiary alicyclic amines) is 1. The van der Waals surface area contributed by atoms with Crippen LogP contribution >= 0.6 is 0 Å². The minimum absolute atomic E-state index is 0.0931. The van der Waals surface area contributed by atoms with Crippen LogP contribution in [-0.4, -0.2) is 46.1 Å². The Kier molecular flexibility index (Phi) is 6.21. The molecule has 0 bridgehead atoms. The summed E-state index contributed by atoms with van der Waals surface area (Å²) in [5.41, 5.74) is 2.29. The van der Waals surface area contributed by atoms with E-state index < -0.39 is 6.61 Å². The molecule has 1 N–H and O–H groups in total. The van der Waals surface area contributed by atoms with E-state index in [0.29, 0.717) is 12.5 Å². The molecule has 0 saturated carbocycles. The Bertz CT molecular complexity index is 682. The molecule has 3 rings (SSSR count). The summed E-state index contributed by atoms with van der Waals surface area (Å²) in [6.07, 6.45) is 3.87. The summed E-state index contributed by atoms with van der Waals surface area (Å²) >= 11 is 0. The Labute approximate surface area is 152 Å². The van der Waals surface area contributed by atoms with Crippen LogP contribution in [0.2, 0.25) is 0 Å². The van der Waals surface area contributed by atoms with Crippen molar-refractivity contribution < 1.29 is 18.6 Å². The van der Waals surface area contributed by atoms with Crippen LogP contribution in [-0.2, 0) is 6.54 Å². The topological polar surface area (TPSA) is 50.5 Å². The van der Waals surface area contributed by atoms with Gasteiger partial charge >= 0.3 is 6.61 Å². The molecule has 1 aromatic carbocycles. The van der Waals surface area contributed by atoms with Crippen LogP contribution in [0.5, 0.6) is 5.75 Å². The van der Waals surface area contributed by atoms with E-state index in [4.69, 9.17) is 5.11 Å². The Balaban J connectivity index is 1.58. The number of nitrogens with zero attached hydrogens (tertiary/aromatic N) is 3. The number of ether oxygens (including phenoxy) is 1. The predicted molar refractivity (Wildman–Crippen MR) is 94.3 cm³/mol. The van der Waals surface area contributed by atoms with Gasteiger partial charge in [-0.05, 0) is 56.6 Å². The molecule has 0 spiro atoms. The lowest BCUT2D eigenvalue weighted by molar-refractivity contribution is -0.0498. The Hall–Kier alpha value is -1.99. The first-order valence-corrected chi connectivity index (χ1v) is 9.00. The smallest absolute Gasteiger partial charge is 0.387 e. The second kappa shape index (κ2) is 8.60. The maximum absolute atomic E-state index is 12.2. The van der Waals surface area contributed by atoms with Gasteiger partial charge in [0.15, 0.2) is 0 Å². The summed E-state index contributed by atoms with van der Waals surface area (Å²) in [5, 5.41) is 13.4. The summed E-state index contributed by atoms with van der Waals surface area (Å²) in [7, 11) is 0. The Morgan fingerprint density at radius 3 is 2.50 bits per heavy atom. The van der Waals surface area contributed by atoms with Crippen molar-refractivity contribution in [2.45, 2.75) is 44.9 Å². The summed E-state index contributed by atoms with van der Waals surface area (Å²) in [5.74, 6) is 0.640. The zero-order valence-corrected chi connectivity index (χ0v) is 14.9. The molecule has 1 aliphatic rings. The number of aliphatic hydroxyl groups is 1. The van der Waals surface area contributed by atoms with Gasteiger partial charge in [-0.1, -0.05) is 12.1 Å². The summed E-state index contributed by atoms with van der Waals surface area (Å²) in [6, 6.07) is 9.16. The first-order chi connectivity index (χ1) is 12.6. The normalized spacial score (nSPS) is 17.6. The van der Waals surface area contributed by atoms with E-state index in [-0.39, 0.29) is 18.4 Å². The molecule has 0 amide bonds. The van der Waals surface area contributed by atoms with Crippen LogP contribution in [0.4, 0.5) is 8.78 Å². The zero-order chi connectivity index (χ0) is 18.5. The maximum atomic E-state index is 12.2. The van der Waals surface area contributed by atoms with Crippen LogP contribution in [0.3, 0.4) is 0 Å². The largest absolute Gasteiger partial charge is 0.435 e. The van der Waals surface area contributed by atoms with Gasteiger partial charge in [-0.25, -0.2) is 0 Å². The Morgan fingerprint density at radius 1 is 1.19 bits per heavy atom. The molecule has 0 radical (unpaired) electrons. The van der Waals surface area contributed by atoms with E-state index in [1.54, 1.807) is 18.3 Å². The molecule has 1 aromatic heterocycles. The first-order valence-electron chi connectivity index (χ1n) is 9.00. The highest BCUT2D eigenvalue weighted by atomic mass is 19.3. The van der Waals surface area contributed by atoms with Gasteiger partial charge in [-0.15, -0.1) is 0 Å². The lowest BCUT2D eigenvalue weighted by atomic mass is 9.92. The van der Waals surface area contributed by atoms with Crippen molar-refractivity contribution in [3.63, 3.8) is 0 Å². The van der Waals surface area contributed by atoms with E-state index in [2.05, 4.69) is 21.7 Å². The third kappa shape index (κ3) is 4.40. The van der Waals surface area contributed by atoms with Crippen molar-refractivity contribution in [1.29, 1.82) is 0 Å². The van der Waals surface area contributed by atoms with E-state index in [9.17, 15) is 8.78 Å². The number of hydrogen-bond donors (Lipinski definition) is 1. The van der Waals surface area contributed by atoms with Crippen molar-refractivity contribution in [3.8, 4) is 5.75 Å². The molecule has 1 atom stereocenters. The van der Waals surface area contributed by atoms with Crippen molar-refractivity contribution in [2.75, 3.05) is 19.7 Å². The van der Waals surface area contributed by atoms with Crippen molar-refractivity contribution in [1.82, 2.24) is 14.7 Å². The second-order valence-electron chi connectivity index (χ2n) is 6.64. The highest BCUT2D eigenvalue weighted by Crippen LogP contribution is 2.32. The van der Waals surface area contributed by atoms with Gasteiger partial charge in [0, 0.05) is 23.9 Å². The minimum atomic E-state index is -2.79. The van der Waals surface area contributed by atoms with E-state index in [1.165, 1.54) is 5.69 Å². The van der Waals surface area contributed by atoms with E-state index in [1.807, 2.05) is 22.9 Å². The molecule has 0 aliphatic carbocycles. The summed E-state index contributed by atoms with van der Waals surface area (Å²) in [6.45, 7) is 1.90. The Morgan fingerprint density at radius 2 is 1.88 bits per heavy atom.